The molecular formula is C13H17FN2OS. The minimum absolute atomic E-state index is 0.231. The number of thiocarbonyl (C=S) groups is 1. The van der Waals surface area contributed by atoms with Crippen molar-refractivity contribution < 1.29 is 9.13 Å². The van der Waals surface area contributed by atoms with Crippen LogP contribution in [0.5, 0.6) is 0 Å². The molecule has 0 radical (unpaired) electrons. The van der Waals surface area contributed by atoms with E-state index in [-0.39, 0.29) is 10.8 Å². The topological polar surface area (TPSA) is 38.5 Å². The Balaban J connectivity index is 2.10. The summed E-state index contributed by atoms with van der Waals surface area (Å²) in [6.07, 6.45) is 1.01. The molecule has 0 saturated carbocycles. The maximum absolute atomic E-state index is 13.5. The maximum Gasteiger partial charge on any atom is 0.124 e. The molecule has 98 valence electrons. The van der Waals surface area contributed by atoms with E-state index in [1.54, 1.807) is 0 Å². The normalized spacial score (nSPS) is 17.4. The number of halogens is 1. The zero-order valence-corrected chi connectivity index (χ0v) is 11.0. The molecule has 0 spiro atoms. The van der Waals surface area contributed by atoms with Gasteiger partial charge in [-0.05, 0) is 30.2 Å². The molecule has 0 amide bonds. The van der Waals surface area contributed by atoms with Crippen LogP contribution in [0.4, 0.5) is 4.39 Å². The highest BCUT2D eigenvalue weighted by molar-refractivity contribution is 7.80. The summed E-state index contributed by atoms with van der Waals surface area (Å²) in [6, 6.07) is 4.77. The molecule has 1 heterocycles. The Labute approximate surface area is 112 Å². The predicted octanol–water partition coefficient (Wildman–Crippen LogP) is 1.68. The van der Waals surface area contributed by atoms with E-state index in [1.165, 1.54) is 12.1 Å². The monoisotopic (exact) mass is 268 g/mol. The van der Waals surface area contributed by atoms with Crippen molar-refractivity contribution in [3.63, 3.8) is 0 Å². The van der Waals surface area contributed by atoms with Gasteiger partial charge in [0.25, 0.3) is 0 Å². The fourth-order valence-corrected chi connectivity index (χ4v) is 2.22. The molecule has 1 aliphatic rings. The van der Waals surface area contributed by atoms with Crippen molar-refractivity contribution in [2.24, 2.45) is 5.73 Å². The average Bonchev–Trinajstić information content (AvgIpc) is 2.57. The van der Waals surface area contributed by atoms with Crippen LogP contribution in [0.25, 0.3) is 0 Å². The van der Waals surface area contributed by atoms with E-state index in [9.17, 15) is 4.39 Å². The lowest BCUT2D eigenvalue weighted by atomic mass is 10.1. The summed E-state index contributed by atoms with van der Waals surface area (Å²) in [7, 11) is 0. The smallest absolute Gasteiger partial charge is 0.124 e. The van der Waals surface area contributed by atoms with Crippen molar-refractivity contribution in [1.29, 1.82) is 0 Å². The Hall–Kier alpha value is -1.04. The van der Waals surface area contributed by atoms with Gasteiger partial charge in [0.05, 0.1) is 6.61 Å². The third-order valence-corrected chi connectivity index (χ3v) is 3.20. The second-order valence-electron chi connectivity index (χ2n) is 4.45. The second-order valence-corrected chi connectivity index (χ2v) is 4.89. The molecule has 1 aliphatic heterocycles. The van der Waals surface area contributed by atoms with E-state index in [1.807, 2.05) is 6.07 Å². The van der Waals surface area contributed by atoms with E-state index in [0.717, 1.165) is 38.3 Å². The van der Waals surface area contributed by atoms with Crippen molar-refractivity contribution in [1.82, 2.24) is 4.90 Å². The summed E-state index contributed by atoms with van der Waals surface area (Å²) >= 11 is 4.88. The van der Waals surface area contributed by atoms with Gasteiger partial charge in [-0.25, -0.2) is 4.39 Å². The number of hydrogen-bond acceptors (Lipinski definition) is 3. The molecule has 1 aromatic rings. The van der Waals surface area contributed by atoms with Gasteiger partial charge in [0.1, 0.15) is 10.8 Å². The fraction of sp³-hybridized carbons (Fsp3) is 0.462. The molecule has 1 saturated heterocycles. The van der Waals surface area contributed by atoms with Crippen LogP contribution in [0.1, 0.15) is 17.5 Å². The Kier molecular flexibility index (Phi) is 4.63. The third-order valence-electron chi connectivity index (χ3n) is 2.96. The van der Waals surface area contributed by atoms with E-state index >= 15 is 0 Å². The number of ether oxygens (including phenoxy) is 1. The summed E-state index contributed by atoms with van der Waals surface area (Å²) < 4.78 is 18.9. The summed E-state index contributed by atoms with van der Waals surface area (Å²) in [6.45, 7) is 4.09. The van der Waals surface area contributed by atoms with Gasteiger partial charge in [0.15, 0.2) is 0 Å². The number of hydrogen-bond donors (Lipinski definition) is 1. The zero-order chi connectivity index (χ0) is 13.0. The molecule has 0 atom stereocenters. The highest BCUT2D eigenvalue weighted by Crippen LogP contribution is 2.13. The number of nitrogens with zero attached hydrogens (tertiary/aromatic N) is 1. The lowest BCUT2D eigenvalue weighted by Gasteiger charge is -2.19. The van der Waals surface area contributed by atoms with Crippen molar-refractivity contribution in [3.8, 4) is 0 Å². The summed E-state index contributed by atoms with van der Waals surface area (Å²) in [5, 5.41) is 0. The van der Waals surface area contributed by atoms with E-state index < -0.39 is 0 Å². The standard InChI is InChI=1S/C13H17FN2OS/c14-12-7-10(6-11(8-12)13(15)18)9-16-2-1-4-17-5-3-16/h6-8H,1-5,9H2,(H2,15,18). The van der Waals surface area contributed by atoms with Gasteiger partial charge in [-0.1, -0.05) is 12.2 Å². The van der Waals surface area contributed by atoms with E-state index in [4.69, 9.17) is 22.7 Å². The molecule has 1 fully saturated rings. The van der Waals surface area contributed by atoms with E-state index in [2.05, 4.69) is 4.90 Å². The van der Waals surface area contributed by atoms with Crippen LogP contribution in [0.15, 0.2) is 18.2 Å². The minimum Gasteiger partial charge on any atom is -0.389 e. The first-order valence-electron chi connectivity index (χ1n) is 6.04. The van der Waals surface area contributed by atoms with Crippen molar-refractivity contribution in [2.75, 3.05) is 26.3 Å². The molecule has 0 aliphatic carbocycles. The quantitative estimate of drug-likeness (QED) is 0.847. The molecule has 0 bridgehead atoms. The first-order chi connectivity index (χ1) is 8.65. The molecule has 0 unspecified atom stereocenters. The third kappa shape index (κ3) is 3.73. The maximum atomic E-state index is 13.5. The van der Waals surface area contributed by atoms with Gasteiger partial charge in [-0.2, -0.15) is 0 Å². The average molecular weight is 268 g/mol. The SMILES string of the molecule is NC(=S)c1cc(F)cc(CN2CCCOCC2)c1. The lowest BCUT2D eigenvalue weighted by Crippen LogP contribution is -2.26. The first-order valence-corrected chi connectivity index (χ1v) is 6.45. The van der Waals surface area contributed by atoms with Gasteiger partial charge >= 0.3 is 0 Å². The van der Waals surface area contributed by atoms with Crippen LogP contribution >= 0.6 is 12.2 Å². The van der Waals surface area contributed by atoms with Crippen LogP contribution in [0, 0.1) is 5.82 Å². The van der Waals surface area contributed by atoms with Crippen LogP contribution in [-0.4, -0.2) is 36.2 Å². The Morgan fingerprint density at radius 2 is 2.17 bits per heavy atom. The highest BCUT2D eigenvalue weighted by Gasteiger charge is 2.11. The van der Waals surface area contributed by atoms with Crippen molar-refractivity contribution in [3.05, 3.63) is 35.1 Å². The lowest BCUT2D eigenvalue weighted by molar-refractivity contribution is 0.140. The summed E-state index contributed by atoms with van der Waals surface area (Å²) in [5.41, 5.74) is 7.03. The van der Waals surface area contributed by atoms with Crippen LogP contribution < -0.4 is 5.73 Å². The van der Waals surface area contributed by atoms with E-state index in [0.29, 0.717) is 12.1 Å². The molecule has 2 N–H and O–H groups in total. The zero-order valence-electron chi connectivity index (χ0n) is 10.2. The van der Waals surface area contributed by atoms with Gasteiger partial charge in [0.2, 0.25) is 0 Å². The van der Waals surface area contributed by atoms with Crippen molar-refractivity contribution >= 4 is 17.2 Å². The van der Waals surface area contributed by atoms with Gasteiger partial charge in [-0.15, -0.1) is 0 Å². The van der Waals surface area contributed by atoms with Crippen LogP contribution in [0.3, 0.4) is 0 Å². The number of rotatable bonds is 3. The Bertz CT molecular complexity index is 431. The molecule has 1 aromatic carbocycles. The molecular weight excluding hydrogens is 251 g/mol. The largest absolute Gasteiger partial charge is 0.389 e. The fourth-order valence-electron chi connectivity index (χ4n) is 2.10. The summed E-state index contributed by atoms with van der Waals surface area (Å²) in [5.74, 6) is -0.290. The molecule has 5 heteroatoms. The highest BCUT2D eigenvalue weighted by atomic mass is 32.1. The number of nitrogens with two attached hydrogens (primary N) is 1. The van der Waals surface area contributed by atoms with Gasteiger partial charge in [-0.3, -0.25) is 4.90 Å². The molecule has 0 aromatic heterocycles. The second kappa shape index (κ2) is 6.22. The van der Waals surface area contributed by atoms with Gasteiger partial charge in [0, 0.05) is 31.8 Å². The Morgan fingerprint density at radius 3 is 2.94 bits per heavy atom. The van der Waals surface area contributed by atoms with Crippen LogP contribution in [-0.2, 0) is 11.3 Å². The Morgan fingerprint density at radius 1 is 1.33 bits per heavy atom. The van der Waals surface area contributed by atoms with Crippen molar-refractivity contribution in [2.45, 2.75) is 13.0 Å². The summed E-state index contributed by atoms with van der Waals surface area (Å²) in [4.78, 5) is 2.49. The molecule has 18 heavy (non-hydrogen) atoms. The number of benzene rings is 1. The molecule has 3 nitrogen and oxygen atoms in total. The van der Waals surface area contributed by atoms with Gasteiger partial charge < -0.3 is 10.5 Å². The van der Waals surface area contributed by atoms with Crippen LogP contribution in [0.2, 0.25) is 0 Å². The molecule has 2 rings (SSSR count). The first kappa shape index (κ1) is 13.4. The predicted molar refractivity (Wildman–Crippen MR) is 73.0 cm³/mol. The minimum atomic E-state index is -0.290.